The first-order valence-electron chi connectivity index (χ1n) is 6.80. The standard InChI is InChI=1S/C14H19BrN2O2/c15-13-5-6-14(17(18)19)12(9-13)10-16-8-7-11-3-1-2-4-11/h5-6,9,11,16H,1-4,7-8,10H2. The van der Waals surface area contributed by atoms with Crippen LogP contribution in [0.3, 0.4) is 0 Å². The van der Waals surface area contributed by atoms with E-state index in [0.717, 1.165) is 22.5 Å². The third-order valence-corrected chi connectivity index (χ3v) is 4.25. The van der Waals surface area contributed by atoms with Gasteiger partial charge in [-0.2, -0.15) is 0 Å². The number of rotatable bonds is 6. The van der Waals surface area contributed by atoms with E-state index < -0.39 is 0 Å². The van der Waals surface area contributed by atoms with E-state index >= 15 is 0 Å². The third kappa shape index (κ3) is 4.28. The van der Waals surface area contributed by atoms with Gasteiger partial charge in [0.25, 0.3) is 5.69 Å². The number of halogens is 1. The molecule has 5 heteroatoms. The Balaban J connectivity index is 1.84. The number of hydrogen-bond donors (Lipinski definition) is 1. The van der Waals surface area contributed by atoms with Gasteiger partial charge in [0.05, 0.1) is 4.92 Å². The first kappa shape index (κ1) is 14.5. The van der Waals surface area contributed by atoms with Crippen molar-refractivity contribution in [2.45, 2.75) is 38.6 Å². The molecular weight excluding hydrogens is 308 g/mol. The van der Waals surface area contributed by atoms with E-state index in [1.54, 1.807) is 12.1 Å². The highest BCUT2D eigenvalue weighted by atomic mass is 79.9. The highest BCUT2D eigenvalue weighted by Crippen LogP contribution is 2.27. The summed E-state index contributed by atoms with van der Waals surface area (Å²) in [6.45, 7) is 1.50. The quantitative estimate of drug-likeness (QED) is 0.488. The van der Waals surface area contributed by atoms with Crippen molar-refractivity contribution in [3.8, 4) is 0 Å². The largest absolute Gasteiger partial charge is 0.312 e. The highest BCUT2D eigenvalue weighted by Gasteiger charge is 2.15. The summed E-state index contributed by atoms with van der Waals surface area (Å²) in [5.41, 5.74) is 0.933. The molecule has 1 fully saturated rings. The molecule has 0 spiro atoms. The number of nitrogens with one attached hydrogen (secondary N) is 1. The van der Waals surface area contributed by atoms with Gasteiger partial charge in [0.1, 0.15) is 0 Å². The topological polar surface area (TPSA) is 55.2 Å². The number of benzene rings is 1. The molecule has 0 radical (unpaired) electrons. The second-order valence-corrected chi connectivity index (χ2v) is 6.06. The summed E-state index contributed by atoms with van der Waals surface area (Å²) in [7, 11) is 0. The summed E-state index contributed by atoms with van der Waals surface area (Å²) in [5, 5.41) is 14.3. The Bertz CT molecular complexity index is 445. The maximum atomic E-state index is 10.9. The average molecular weight is 327 g/mol. The number of nitrogens with zero attached hydrogens (tertiary/aromatic N) is 1. The summed E-state index contributed by atoms with van der Waals surface area (Å²) in [4.78, 5) is 10.6. The van der Waals surface area contributed by atoms with Gasteiger partial charge in [0, 0.05) is 22.6 Å². The molecule has 1 aromatic carbocycles. The van der Waals surface area contributed by atoms with Crippen molar-refractivity contribution in [3.63, 3.8) is 0 Å². The highest BCUT2D eigenvalue weighted by molar-refractivity contribution is 9.10. The lowest BCUT2D eigenvalue weighted by atomic mass is 10.0. The zero-order chi connectivity index (χ0) is 13.7. The van der Waals surface area contributed by atoms with E-state index in [4.69, 9.17) is 0 Å². The minimum absolute atomic E-state index is 0.191. The molecule has 0 heterocycles. The molecule has 1 aromatic rings. The smallest absolute Gasteiger partial charge is 0.273 e. The van der Waals surface area contributed by atoms with Crippen molar-refractivity contribution in [3.05, 3.63) is 38.3 Å². The van der Waals surface area contributed by atoms with E-state index in [9.17, 15) is 10.1 Å². The fraction of sp³-hybridized carbons (Fsp3) is 0.571. The van der Waals surface area contributed by atoms with Crippen LogP contribution in [0.15, 0.2) is 22.7 Å². The monoisotopic (exact) mass is 326 g/mol. The zero-order valence-corrected chi connectivity index (χ0v) is 12.5. The van der Waals surface area contributed by atoms with Crippen molar-refractivity contribution < 1.29 is 4.92 Å². The molecule has 0 unspecified atom stereocenters. The van der Waals surface area contributed by atoms with E-state index in [-0.39, 0.29) is 10.6 Å². The second kappa shape index (κ2) is 7.01. The SMILES string of the molecule is O=[N+]([O-])c1ccc(Br)cc1CNCCC1CCCC1. The lowest BCUT2D eigenvalue weighted by Gasteiger charge is -2.10. The Hall–Kier alpha value is -0.940. The van der Waals surface area contributed by atoms with Crippen LogP contribution in [0.25, 0.3) is 0 Å². The van der Waals surface area contributed by atoms with Crippen LogP contribution in [0.2, 0.25) is 0 Å². The van der Waals surface area contributed by atoms with Gasteiger partial charge in [0.15, 0.2) is 0 Å². The van der Waals surface area contributed by atoms with Gasteiger partial charge >= 0.3 is 0 Å². The number of hydrogen-bond acceptors (Lipinski definition) is 3. The van der Waals surface area contributed by atoms with Gasteiger partial charge < -0.3 is 5.32 Å². The molecule has 0 saturated heterocycles. The predicted molar refractivity (Wildman–Crippen MR) is 79.1 cm³/mol. The lowest BCUT2D eigenvalue weighted by Crippen LogP contribution is -2.17. The second-order valence-electron chi connectivity index (χ2n) is 5.15. The third-order valence-electron chi connectivity index (χ3n) is 3.76. The summed E-state index contributed by atoms with van der Waals surface area (Å²) >= 11 is 3.36. The molecule has 0 aliphatic heterocycles. The molecule has 0 atom stereocenters. The number of nitro benzene ring substituents is 1. The van der Waals surface area contributed by atoms with Crippen LogP contribution in [0.4, 0.5) is 5.69 Å². The molecule has 4 nitrogen and oxygen atoms in total. The summed E-state index contributed by atoms with van der Waals surface area (Å²) in [6, 6.07) is 5.08. The molecule has 0 amide bonds. The van der Waals surface area contributed by atoms with Crippen LogP contribution in [-0.4, -0.2) is 11.5 Å². The molecule has 104 valence electrons. The van der Waals surface area contributed by atoms with Crippen LogP contribution in [0.5, 0.6) is 0 Å². The summed E-state index contributed by atoms with van der Waals surface area (Å²) in [5.74, 6) is 0.852. The fourth-order valence-electron chi connectivity index (χ4n) is 2.70. The molecule has 0 bridgehead atoms. The predicted octanol–water partition coefficient (Wildman–Crippen LogP) is 4.03. The first-order chi connectivity index (χ1) is 9.16. The number of nitro groups is 1. The first-order valence-corrected chi connectivity index (χ1v) is 7.59. The normalized spacial score (nSPS) is 15.8. The Morgan fingerprint density at radius 3 is 2.79 bits per heavy atom. The molecular formula is C14H19BrN2O2. The van der Waals surface area contributed by atoms with Gasteiger partial charge in [-0.05, 0) is 31.0 Å². The van der Waals surface area contributed by atoms with Gasteiger partial charge in [0.2, 0.25) is 0 Å². The Kier molecular flexibility index (Phi) is 5.34. The summed E-state index contributed by atoms with van der Waals surface area (Å²) in [6.07, 6.45) is 6.60. The van der Waals surface area contributed by atoms with Crippen molar-refractivity contribution in [2.75, 3.05) is 6.54 Å². The maximum absolute atomic E-state index is 10.9. The zero-order valence-electron chi connectivity index (χ0n) is 10.9. The van der Waals surface area contributed by atoms with Crippen molar-refractivity contribution in [1.82, 2.24) is 5.32 Å². The van der Waals surface area contributed by atoms with Crippen molar-refractivity contribution in [1.29, 1.82) is 0 Å². The Morgan fingerprint density at radius 2 is 2.11 bits per heavy atom. The molecule has 1 aliphatic carbocycles. The van der Waals surface area contributed by atoms with E-state index in [2.05, 4.69) is 21.2 Å². The van der Waals surface area contributed by atoms with Gasteiger partial charge in [-0.25, -0.2) is 0 Å². The van der Waals surface area contributed by atoms with Crippen LogP contribution >= 0.6 is 15.9 Å². The van der Waals surface area contributed by atoms with Crippen LogP contribution in [-0.2, 0) is 6.54 Å². The van der Waals surface area contributed by atoms with E-state index in [1.807, 2.05) is 6.07 Å². The van der Waals surface area contributed by atoms with Gasteiger partial charge in [-0.1, -0.05) is 41.6 Å². The van der Waals surface area contributed by atoms with E-state index in [0.29, 0.717) is 6.54 Å². The summed E-state index contributed by atoms with van der Waals surface area (Å²) < 4.78 is 0.880. The molecule has 0 aromatic heterocycles. The Morgan fingerprint density at radius 1 is 1.37 bits per heavy atom. The van der Waals surface area contributed by atoms with Crippen LogP contribution in [0, 0.1) is 16.0 Å². The maximum Gasteiger partial charge on any atom is 0.273 e. The molecule has 1 N–H and O–H groups in total. The van der Waals surface area contributed by atoms with Crippen molar-refractivity contribution in [2.24, 2.45) is 5.92 Å². The fourth-order valence-corrected chi connectivity index (χ4v) is 3.11. The van der Waals surface area contributed by atoms with E-state index in [1.165, 1.54) is 32.1 Å². The molecule has 1 aliphatic rings. The van der Waals surface area contributed by atoms with Crippen LogP contribution in [0.1, 0.15) is 37.7 Å². The molecule has 19 heavy (non-hydrogen) atoms. The lowest BCUT2D eigenvalue weighted by molar-refractivity contribution is -0.385. The van der Waals surface area contributed by atoms with Gasteiger partial charge in [-0.3, -0.25) is 10.1 Å². The minimum atomic E-state index is -0.319. The minimum Gasteiger partial charge on any atom is -0.312 e. The van der Waals surface area contributed by atoms with Gasteiger partial charge in [-0.15, -0.1) is 0 Å². The molecule has 1 saturated carbocycles. The Labute approximate surface area is 121 Å². The van der Waals surface area contributed by atoms with Crippen LogP contribution < -0.4 is 5.32 Å². The molecule has 2 rings (SSSR count). The average Bonchev–Trinajstić information content (AvgIpc) is 2.87. The van der Waals surface area contributed by atoms with Crippen molar-refractivity contribution >= 4 is 21.6 Å².